The maximum atomic E-state index is 10.1. The van der Waals surface area contributed by atoms with E-state index < -0.39 is 5.60 Å². The Balaban J connectivity index is 2.44. The number of imidazole rings is 1. The smallest absolute Gasteiger partial charge is 0.128 e. The highest BCUT2D eigenvalue weighted by Crippen LogP contribution is 2.13. The average molecular weight is 246 g/mol. The average Bonchev–Trinajstić information content (AvgIpc) is 2.60. The summed E-state index contributed by atoms with van der Waals surface area (Å²) in [6.45, 7) is 5.17. The molecule has 0 spiro atoms. The van der Waals surface area contributed by atoms with Crippen LogP contribution in [0.4, 0.5) is 0 Å². The minimum Gasteiger partial charge on any atom is -0.389 e. The van der Waals surface area contributed by atoms with Crippen LogP contribution in [0.15, 0.2) is 6.20 Å². The number of nitrogens with one attached hydrogen (secondary N) is 1. The van der Waals surface area contributed by atoms with Gasteiger partial charge in [0.2, 0.25) is 0 Å². The Bertz CT molecular complexity index is 334. The van der Waals surface area contributed by atoms with Crippen molar-refractivity contribution in [1.29, 1.82) is 0 Å². The van der Waals surface area contributed by atoms with E-state index in [4.69, 9.17) is 11.6 Å². The van der Waals surface area contributed by atoms with E-state index in [0.717, 1.165) is 18.7 Å². The second-order valence-corrected chi connectivity index (χ2v) is 4.48. The van der Waals surface area contributed by atoms with Crippen LogP contribution in [0.25, 0.3) is 0 Å². The second kappa shape index (κ2) is 5.66. The van der Waals surface area contributed by atoms with Crippen molar-refractivity contribution < 1.29 is 5.11 Å². The molecule has 92 valence electrons. The molecule has 5 heteroatoms. The molecule has 0 radical (unpaired) electrons. The van der Waals surface area contributed by atoms with Crippen molar-refractivity contribution >= 4 is 11.6 Å². The number of aromatic nitrogens is 2. The van der Waals surface area contributed by atoms with Crippen LogP contribution >= 0.6 is 11.6 Å². The maximum absolute atomic E-state index is 10.1. The summed E-state index contributed by atoms with van der Waals surface area (Å²) in [7, 11) is 1.87. The van der Waals surface area contributed by atoms with Gasteiger partial charge in [0.25, 0.3) is 0 Å². The Hall–Kier alpha value is -0.580. The summed E-state index contributed by atoms with van der Waals surface area (Å²) in [6.07, 6.45) is 3.13. The van der Waals surface area contributed by atoms with Crippen molar-refractivity contribution in [2.45, 2.75) is 38.8 Å². The number of aliphatic hydroxyl groups is 1. The topological polar surface area (TPSA) is 50.1 Å². The van der Waals surface area contributed by atoms with Gasteiger partial charge in [-0.1, -0.05) is 25.4 Å². The molecular formula is C11H20ClN3O. The van der Waals surface area contributed by atoms with E-state index in [9.17, 15) is 5.11 Å². The highest BCUT2D eigenvalue weighted by Gasteiger charge is 2.21. The molecule has 0 fully saturated rings. The van der Waals surface area contributed by atoms with Crippen LogP contribution < -0.4 is 5.32 Å². The van der Waals surface area contributed by atoms with Gasteiger partial charge < -0.3 is 15.0 Å². The van der Waals surface area contributed by atoms with Crippen LogP contribution in [0.5, 0.6) is 0 Å². The van der Waals surface area contributed by atoms with Gasteiger partial charge in [0.05, 0.1) is 18.3 Å². The van der Waals surface area contributed by atoms with Gasteiger partial charge in [-0.25, -0.2) is 4.98 Å². The number of nitrogens with zero attached hydrogens (tertiary/aromatic N) is 2. The molecular weight excluding hydrogens is 226 g/mol. The zero-order chi connectivity index (χ0) is 12.2. The maximum Gasteiger partial charge on any atom is 0.128 e. The number of rotatable bonds is 6. The van der Waals surface area contributed by atoms with Gasteiger partial charge in [-0.05, 0) is 12.8 Å². The standard InChI is InChI=1S/C11H20ClN3O/c1-4-11(16,5-2)8-13-7-10-14-6-9(12)15(10)3/h6,13,16H,4-5,7-8H2,1-3H3. The fourth-order valence-electron chi connectivity index (χ4n) is 1.50. The molecule has 0 aliphatic rings. The Labute approximate surface area is 102 Å². The van der Waals surface area contributed by atoms with E-state index >= 15 is 0 Å². The van der Waals surface area contributed by atoms with E-state index in [1.807, 2.05) is 25.5 Å². The van der Waals surface area contributed by atoms with Crippen molar-refractivity contribution in [2.75, 3.05) is 6.54 Å². The Morgan fingerprint density at radius 3 is 2.56 bits per heavy atom. The Kier molecular flexibility index (Phi) is 4.77. The van der Waals surface area contributed by atoms with Gasteiger partial charge in [-0.3, -0.25) is 0 Å². The lowest BCUT2D eigenvalue weighted by atomic mass is 9.98. The van der Waals surface area contributed by atoms with E-state index in [1.54, 1.807) is 6.20 Å². The third kappa shape index (κ3) is 3.20. The summed E-state index contributed by atoms with van der Waals surface area (Å²) < 4.78 is 1.82. The molecule has 1 heterocycles. The van der Waals surface area contributed by atoms with Crippen LogP contribution in [-0.2, 0) is 13.6 Å². The lowest BCUT2D eigenvalue weighted by molar-refractivity contribution is 0.0321. The molecule has 0 unspecified atom stereocenters. The number of halogens is 1. The minimum atomic E-state index is -0.616. The van der Waals surface area contributed by atoms with Gasteiger partial charge in [0.15, 0.2) is 0 Å². The highest BCUT2D eigenvalue weighted by molar-refractivity contribution is 6.29. The first-order valence-electron chi connectivity index (χ1n) is 5.61. The first-order valence-corrected chi connectivity index (χ1v) is 5.99. The predicted molar refractivity (Wildman–Crippen MR) is 65.5 cm³/mol. The van der Waals surface area contributed by atoms with Crippen LogP contribution in [0.1, 0.15) is 32.5 Å². The molecule has 0 amide bonds. The highest BCUT2D eigenvalue weighted by atomic mass is 35.5. The molecule has 0 saturated heterocycles. The summed E-state index contributed by atoms with van der Waals surface area (Å²) in [4.78, 5) is 4.17. The molecule has 0 aromatic carbocycles. The van der Waals surface area contributed by atoms with Crippen molar-refractivity contribution in [3.05, 3.63) is 17.2 Å². The van der Waals surface area contributed by atoms with Crippen molar-refractivity contribution in [1.82, 2.24) is 14.9 Å². The first-order chi connectivity index (χ1) is 7.52. The zero-order valence-electron chi connectivity index (χ0n) is 10.1. The first kappa shape index (κ1) is 13.5. The van der Waals surface area contributed by atoms with Gasteiger partial charge in [-0.15, -0.1) is 0 Å². The molecule has 0 aliphatic carbocycles. The fraction of sp³-hybridized carbons (Fsp3) is 0.727. The van der Waals surface area contributed by atoms with Gasteiger partial charge in [-0.2, -0.15) is 0 Å². The molecule has 16 heavy (non-hydrogen) atoms. The molecule has 0 atom stereocenters. The van der Waals surface area contributed by atoms with Crippen LogP contribution in [0.3, 0.4) is 0 Å². The Morgan fingerprint density at radius 2 is 2.12 bits per heavy atom. The second-order valence-electron chi connectivity index (χ2n) is 4.09. The predicted octanol–water partition coefficient (Wildman–Crippen LogP) is 1.71. The number of hydrogen-bond donors (Lipinski definition) is 2. The summed E-state index contributed by atoms with van der Waals surface area (Å²) in [5.74, 6) is 0.875. The summed E-state index contributed by atoms with van der Waals surface area (Å²) >= 11 is 5.88. The van der Waals surface area contributed by atoms with E-state index in [2.05, 4.69) is 10.3 Å². The molecule has 1 aromatic heterocycles. The molecule has 0 aliphatic heterocycles. The van der Waals surface area contributed by atoms with E-state index in [1.165, 1.54) is 0 Å². The van der Waals surface area contributed by atoms with Gasteiger partial charge in [0, 0.05) is 13.6 Å². The lowest BCUT2D eigenvalue weighted by Gasteiger charge is -2.25. The summed E-state index contributed by atoms with van der Waals surface area (Å²) in [5, 5.41) is 13.9. The fourth-order valence-corrected chi connectivity index (χ4v) is 1.64. The Morgan fingerprint density at radius 1 is 1.50 bits per heavy atom. The van der Waals surface area contributed by atoms with Gasteiger partial charge >= 0.3 is 0 Å². The molecule has 2 N–H and O–H groups in total. The van der Waals surface area contributed by atoms with Crippen LogP contribution in [0.2, 0.25) is 5.15 Å². The molecule has 0 bridgehead atoms. The van der Waals surface area contributed by atoms with Crippen molar-refractivity contribution in [3.63, 3.8) is 0 Å². The minimum absolute atomic E-state index is 0.574. The molecule has 1 rings (SSSR count). The largest absolute Gasteiger partial charge is 0.389 e. The van der Waals surface area contributed by atoms with E-state index in [0.29, 0.717) is 18.2 Å². The normalized spacial score (nSPS) is 12.1. The molecule has 4 nitrogen and oxygen atoms in total. The third-order valence-electron chi connectivity index (χ3n) is 3.08. The quantitative estimate of drug-likeness (QED) is 0.802. The molecule has 1 aromatic rings. The van der Waals surface area contributed by atoms with Crippen molar-refractivity contribution in [3.8, 4) is 0 Å². The zero-order valence-corrected chi connectivity index (χ0v) is 10.9. The van der Waals surface area contributed by atoms with Crippen LogP contribution in [-0.4, -0.2) is 26.8 Å². The lowest BCUT2D eigenvalue weighted by Crippen LogP contribution is -2.39. The third-order valence-corrected chi connectivity index (χ3v) is 3.43. The monoisotopic (exact) mass is 245 g/mol. The van der Waals surface area contributed by atoms with Gasteiger partial charge in [0.1, 0.15) is 11.0 Å². The summed E-state index contributed by atoms with van der Waals surface area (Å²) in [6, 6.07) is 0. The number of hydrogen-bond acceptors (Lipinski definition) is 3. The van der Waals surface area contributed by atoms with E-state index in [-0.39, 0.29) is 0 Å². The SMILES string of the molecule is CCC(O)(CC)CNCc1ncc(Cl)n1C. The summed E-state index contributed by atoms with van der Waals surface area (Å²) in [5.41, 5.74) is -0.616. The van der Waals surface area contributed by atoms with Crippen molar-refractivity contribution in [2.24, 2.45) is 7.05 Å². The molecule has 0 saturated carbocycles. The van der Waals surface area contributed by atoms with Crippen LogP contribution in [0, 0.1) is 0 Å².